The van der Waals surface area contributed by atoms with Crippen molar-refractivity contribution >= 4 is 5.97 Å². The van der Waals surface area contributed by atoms with Crippen LogP contribution < -0.4 is 0 Å². The lowest BCUT2D eigenvalue weighted by Gasteiger charge is -2.12. The first-order valence-electron chi connectivity index (χ1n) is 6.01. The molecule has 0 saturated carbocycles. The first kappa shape index (κ1) is 13.3. The van der Waals surface area contributed by atoms with E-state index in [0.717, 1.165) is 11.9 Å². The van der Waals surface area contributed by atoms with Gasteiger partial charge >= 0.3 is 5.97 Å². The van der Waals surface area contributed by atoms with Crippen LogP contribution in [0.4, 0.5) is 4.39 Å². The van der Waals surface area contributed by atoms with Gasteiger partial charge in [0, 0.05) is 24.9 Å². The van der Waals surface area contributed by atoms with Crippen LogP contribution in [0.3, 0.4) is 0 Å². The summed E-state index contributed by atoms with van der Waals surface area (Å²) in [6, 6.07) is 3.71. The smallest absolute Gasteiger partial charge is 0.336 e. The predicted molar refractivity (Wildman–Crippen MR) is 68.8 cm³/mol. The summed E-state index contributed by atoms with van der Waals surface area (Å²) in [6.45, 7) is 4.30. The van der Waals surface area contributed by atoms with Gasteiger partial charge in [0.1, 0.15) is 11.6 Å². The SMILES string of the molecule is CC(C)c1nccn1Cc1cc(F)ccc1C(=O)O. The molecular weight excluding hydrogens is 247 g/mol. The van der Waals surface area contributed by atoms with E-state index >= 15 is 0 Å². The molecule has 5 heteroatoms. The van der Waals surface area contributed by atoms with Crippen LogP contribution in [0.15, 0.2) is 30.6 Å². The lowest BCUT2D eigenvalue weighted by atomic mass is 10.1. The van der Waals surface area contributed by atoms with Crippen molar-refractivity contribution in [3.63, 3.8) is 0 Å². The zero-order valence-electron chi connectivity index (χ0n) is 10.8. The number of halogens is 1. The molecule has 0 aliphatic rings. The average Bonchev–Trinajstić information content (AvgIpc) is 2.76. The maximum Gasteiger partial charge on any atom is 0.336 e. The Balaban J connectivity index is 2.40. The van der Waals surface area contributed by atoms with Crippen molar-refractivity contribution in [2.75, 3.05) is 0 Å². The lowest BCUT2D eigenvalue weighted by molar-refractivity contribution is 0.0695. The second-order valence-electron chi connectivity index (χ2n) is 4.67. The van der Waals surface area contributed by atoms with Gasteiger partial charge in [0.2, 0.25) is 0 Å². The minimum atomic E-state index is -1.05. The summed E-state index contributed by atoms with van der Waals surface area (Å²) < 4.78 is 15.1. The molecule has 0 saturated heterocycles. The van der Waals surface area contributed by atoms with Gasteiger partial charge in [-0.15, -0.1) is 0 Å². The Kier molecular flexibility index (Phi) is 3.64. The molecule has 1 aromatic heterocycles. The minimum Gasteiger partial charge on any atom is -0.478 e. The number of carbonyl (C=O) groups is 1. The van der Waals surface area contributed by atoms with Crippen molar-refractivity contribution in [2.45, 2.75) is 26.3 Å². The summed E-state index contributed by atoms with van der Waals surface area (Å²) in [4.78, 5) is 15.4. The van der Waals surface area contributed by atoms with Crippen molar-refractivity contribution in [2.24, 2.45) is 0 Å². The van der Waals surface area contributed by atoms with Crippen LogP contribution in [0.1, 0.15) is 41.5 Å². The van der Waals surface area contributed by atoms with Crippen LogP contribution in [0, 0.1) is 5.82 Å². The van der Waals surface area contributed by atoms with Crippen molar-refractivity contribution in [1.29, 1.82) is 0 Å². The standard InChI is InChI=1S/C14H15FN2O2/c1-9(2)13-16-5-6-17(13)8-10-7-11(15)3-4-12(10)14(18)19/h3-7,9H,8H2,1-2H3,(H,18,19). The van der Waals surface area contributed by atoms with E-state index in [0.29, 0.717) is 12.1 Å². The van der Waals surface area contributed by atoms with Gasteiger partial charge in [-0.2, -0.15) is 0 Å². The van der Waals surface area contributed by atoms with Crippen molar-refractivity contribution in [3.8, 4) is 0 Å². The third-order valence-electron chi connectivity index (χ3n) is 2.90. The Labute approximate surface area is 110 Å². The molecule has 0 bridgehead atoms. The molecule has 0 unspecified atom stereocenters. The lowest BCUT2D eigenvalue weighted by Crippen LogP contribution is -2.10. The van der Waals surface area contributed by atoms with Gasteiger partial charge in [0.05, 0.1) is 5.56 Å². The predicted octanol–water partition coefficient (Wildman–Crippen LogP) is 2.89. The molecule has 19 heavy (non-hydrogen) atoms. The zero-order valence-corrected chi connectivity index (χ0v) is 10.8. The molecule has 0 fully saturated rings. The van der Waals surface area contributed by atoms with Crippen molar-refractivity contribution in [1.82, 2.24) is 9.55 Å². The summed E-state index contributed by atoms with van der Waals surface area (Å²) in [7, 11) is 0. The molecule has 0 spiro atoms. The zero-order chi connectivity index (χ0) is 14.0. The van der Waals surface area contributed by atoms with Crippen LogP contribution in [0.5, 0.6) is 0 Å². The van der Waals surface area contributed by atoms with E-state index in [-0.39, 0.29) is 11.5 Å². The fourth-order valence-electron chi connectivity index (χ4n) is 2.04. The van der Waals surface area contributed by atoms with Gasteiger partial charge < -0.3 is 9.67 Å². The summed E-state index contributed by atoms with van der Waals surface area (Å²) in [5, 5.41) is 9.12. The van der Waals surface area contributed by atoms with Crippen LogP contribution in [0.2, 0.25) is 0 Å². The number of nitrogens with zero attached hydrogens (tertiary/aromatic N) is 2. The van der Waals surface area contributed by atoms with Crippen LogP contribution in [0.25, 0.3) is 0 Å². The maximum atomic E-state index is 13.3. The van der Waals surface area contributed by atoms with E-state index < -0.39 is 11.8 Å². The van der Waals surface area contributed by atoms with E-state index in [4.69, 9.17) is 5.11 Å². The van der Waals surface area contributed by atoms with Gasteiger partial charge in [-0.25, -0.2) is 14.2 Å². The van der Waals surface area contributed by atoms with Crippen LogP contribution in [-0.4, -0.2) is 20.6 Å². The second-order valence-corrected chi connectivity index (χ2v) is 4.67. The van der Waals surface area contributed by atoms with E-state index in [1.54, 1.807) is 12.4 Å². The highest BCUT2D eigenvalue weighted by molar-refractivity contribution is 5.89. The number of rotatable bonds is 4. The molecule has 4 nitrogen and oxygen atoms in total. The van der Waals surface area contributed by atoms with Crippen molar-refractivity contribution < 1.29 is 14.3 Å². The molecule has 100 valence electrons. The number of imidazole rings is 1. The molecule has 0 atom stereocenters. The molecule has 2 aromatic rings. The van der Waals surface area contributed by atoms with Gasteiger partial charge in [-0.3, -0.25) is 0 Å². The van der Waals surface area contributed by atoms with E-state index in [1.807, 2.05) is 18.4 Å². The van der Waals surface area contributed by atoms with Gasteiger partial charge in [-0.05, 0) is 23.8 Å². The van der Waals surface area contributed by atoms with E-state index in [1.165, 1.54) is 12.1 Å². The highest BCUT2D eigenvalue weighted by Crippen LogP contribution is 2.17. The molecule has 0 amide bonds. The normalized spacial score (nSPS) is 10.9. The van der Waals surface area contributed by atoms with Gasteiger partial charge in [0.15, 0.2) is 0 Å². The average molecular weight is 262 g/mol. The van der Waals surface area contributed by atoms with E-state index in [2.05, 4.69) is 4.98 Å². The molecule has 0 radical (unpaired) electrons. The number of hydrogen-bond acceptors (Lipinski definition) is 2. The Bertz CT molecular complexity index is 605. The molecule has 1 aromatic carbocycles. The maximum absolute atomic E-state index is 13.3. The topological polar surface area (TPSA) is 55.1 Å². The molecular formula is C14H15FN2O2. The fraction of sp³-hybridized carbons (Fsp3) is 0.286. The third-order valence-corrected chi connectivity index (χ3v) is 2.90. The van der Waals surface area contributed by atoms with Gasteiger partial charge in [-0.1, -0.05) is 13.8 Å². The Morgan fingerprint density at radius 2 is 2.21 bits per heavy atom. The highest BCUT2D eigenvalue weighted by Gasteiger charge is 2.14. The fourth-order valence-corrected chi connectivity index (χ4v) is 2.04. The molecule has 1 N–H and O–H groups in total. The summed E-state index contributed by atoms with van der Waals surface area (Å²) in [6.07, 6.45) is 3.43. The first-order valence-corrected chi connectivity index (χ1v) is 6.01. The summed E-state index contributed by atoms with van der Waals surface area (Å²) in [5.74, 6) is -0.426. The Morgan fingerprint density at radius 3 is 2.84 bits per heavy atom. The number of benzene rings is 1. The second kappa shape index (κ2) is 5.22. The molecule has 2 rings (SSSR count). The minimum absolute atomic E-state index is 0.116. The monoisotopic (exact) mass is 262 g/mol. The summed E-state index contributed by atoms with van der Waals surface area (Å²) >= 11 is 0. The number of carboxylic acids is 1. The van der Waals surface area contributed by atoms with Crippen molar-refractivity contribution in [3.05, 3.63) is 53.4 Å². The molecule has 0 aliphatic carbocycles. The highest BCUT2D eigenvalue weighted by atomic mass is 19.1. The largest absolute Gasteiger partial charge is 0.478 e. The summed E-state index contributed by atoms with van der Waals surface area (Å²) in [5.41, 5.74) is 0.553. The van der Waals surface area contributed by atoms with Crippen LogP contribution in [-0.2, 0) is 6.54 Å². The number of carboxylic acid groups (broad SMARTS) is 1. The first-order chi connectivity index (χ1) is 8.99. The van der Waals surface area contributed by atoms with Gasteiger partial charge in [0.25, 0.3) is 0 Å². The number of aromatic carboxylic acids is 1. The Hall–Kier alpha value is -2.17. The van der Waals surface area contributed by atoms with Crippen LogP contribution >= 0.6 is 0 Å². The van der Waals surface area contributed by atoms with E-state index in [9.17, 15) is 9.18 Å². The number of hydrogen-bond donors (Lipinski definition) is 1. The third kappa shape index (κ3) is 2.81. The molecule has 0 aliphatic heterocycles. The molecule has 1 heterocycles. The Morgan fingerprint density at radius 1 is 1.47 bits per heavy atom. The number of aromatic nitrogens is 2. The quantitative estimate of drug-likeness (QED) is 0.921.